The van der Waals surface area contributed by atoms with Crippen molar-refractivity contribution < 1.29 is 28.2 Å². The van der Waals surface area contributed by atoms with Gasteiger partial charge in [0.2, 0.25) is 0 Å². The lowest BCUT2D eigenvalue weighted by Gasteiger charge is -2.26. The summed E-state index contributed by atoms with van der Waals surface area (Å²) in [5.74, 6) is 0.481. The highest BCUT2D eigenvalue weighted by molar-refractivity contribution is 7.07. The van der Waals surface area contributed by atoms with Crippen LogP contribution >= 0.6 is 11.3 Å². The molecule has 6 rings (SSSR count). The van der Waals surface area contributed by atoms with Gasteiger partial charge in [-0.3, -0.25) is 9.36 Å². The number of rotatable bonds is 9. The molecule has 3 aromatic carbocycles. The molecular weight excluding hydrogens is 616 g/mol. The van der Waals surface area contributed by atoms with Crippen LogP contribution in [0.5, 0.6) is 5.75 Å². The summed E-state index contributed by atoms with van der Waals surface area (Å²) in [5.41, 5.74) is 2.69. The van der Waals surface area contributed by atoms with E-state index in [2.05, 4.69) is 0 Å². The van der Waals surface area contributed by atoms with Gasteiger partial charge in [0.25, 0.3) is 5.56 Å². The Balaban J connectivity index is 1.53. The number of nitrogens with zero attached hydrogens (tertiary/aromatic N) is 2. The monoisotopic (exact) mass is 648 g/mol. The van der Waals surface area contributed by atoms with Gasteiger partial charge in [0.05, 0.1) is 47.2 Å². The van der Waals surface area contributed by atoms with Crippen molar-refractivity contribution in [2.75, 3.05) is 13.7 Å². The maximum absolute atomic E-state index is 14.2. The first-order valence-corrected chi connectivity index (χ1v) is 15.9. The first-order chi connectivity index (χ1) is 22.8. The van der Waals surface area contributed by atoms with Crippen molar-refractivity contribution in [1.29, 1.82) is 0 Å². The van der Waals surface area contributed by atoms with E-state index in [1.807, 2.05) is 68.4 Å². The van der Waals surface area contributed by atoms with Crippen molar-refractivity contribution in [3.05, 3.63) is 139 Å². The second-order valence-electron chi connectivity index (χ2n) is 10.9. The summed E-state index contributed by atoms with van der Waals surface area (Å²) < 4.78 is 24.3. The molecule has 5 aromatic rings. The van der Waals surface area contributed by atoms with Gasteiger partial charge in [-0.1, -0.05) is 72.0 Å². The van der Waals surface area contributed by atoms with E-state index in [9.17, 15) is 14.4 Å². The number of carbonyl (C=O) groups excluding carboxylic acids is 2. The zero-order chi connectivity index (χ0) is 33.1. The lowest BCUT2D eigenvalue weighted by molar-refractivity contribution is -0.138. The molecule has 1 atom stereocenters. The molecule has 9 nitrogen and oxygen atoms in total. The highest BCUT2D eigenvalue weighted by Crippen LogP contribution is 2.36. The van der Waals surface area contributed by atoms with E-state index in [0.717, 1.165) is 5.56 Å². The van der Waals surface area contributed by atoms with Gasteiger partial charge in [-0.05, 0) is 56.7 Å². The minimum absolute atomic E-state index is 0.0192. The average Bonchev–Trinajstić information content (AvgIpc) is 3.68. The van der Waals surface area contributed by atoms with Crippen molar-refractivity contribution in [1.82, 2.24) is 4.57 Å². The molecule has 0 amide bonds. The molecule has 0 N–H and O–H groups in total. The van der Waals surface area contributed by atoms with Crippen molar-refractivity contribution in [3.63, 3.8) is 0 Å². The molecule has 10 heteroatoms. The number of ether oxygens (including phenoxy) is 3. The van der Waals surface area contributed by atoms with Crippen LogP contribution in [0.25, 0.3) is 23.1 Å². The Labute approximate surface area is 274 Å². The minimum Gasteiger partial charge on any atom is -0.491 e. The zero-order valence-corrected chi connectivity index (χ0v) is 27.1. The van der Waals surface area contributed by atoms with Gasteiger partial charge in [-0.25, -0.2) is 14.6 Å². The van der Waals surface area contributed by atoms with E-state index >= 15 is 0 Å². The first kappa shape index (κ1) is 31.5. The van der Waals surface area contributed by atoms with Crippen LogP contribution in [0.2, 0.25) is 0 Å². The summed E-state index contributed by atoms with van der Waals surface area (Å²) in [6, 6.07) is 26.3. The van der Waals surface area contributed by atoms with Crippen molar-refractivity contribution in [2.24, 2.45) is 4.99 Å². The van der Waals surface area contributed by atoms with Crippen LogP contribution in [-0.2, 0) is 14.3 Å². The maximum atomic E-state index is 14.2. The molecule has 0 radical (unpaired) electrons. The number of aromatic nitrogens is 1. The molecule has 0 fully saturated rings. The Morgan fingerprint density at radius 2 is 1.68 bits per heavy atom. The molecule has 0 bridgehead atoms. The van der Waals surface area contributed by atoms with Gasteiger partial charge >= 0.3 is 11.9 Å². The molecule has 3 heterocycles. The smallest absolute Gasteiger partial charge is 0.338 e. The van der Waals surface area contributed by atoms with Crippen LogP contribution < -0.4 is 19.6 Å². The molecule has 0 saturated carbocycles. The van der Waals surface area contributed by atoms with Crippen LogP contribution in [0.15, 0.2) is 111 Å². The van der Waals surface area contributed by atoms with E-state index in [0.29, 0.717) is 49.0 Å². The second kappa shape index (κ2) is 13.5. The summed E-state index contributed by atoms with van der Waals surface area (Å²) >= 11 is 1.19. The fourth-order valence-corrected chi connectivity index (χ4v) is 6.43. The predicted molar refractivity (Wildman–Crippen MR) is 179 cm³/mol. The van der Waals surface area contributed by atoms with Crippen LogP contribution in [-0.4, -0.2) is 36.3 Å². The zero-order valence-electron chi connectivity index (χ0n) is 26.3. The number of benzene rings is 3. The fraction of sp³-hybridized carbons (Fsp3) is 0.189. The lowest BCUT2D eigenvalue weighted by Crippen LogP contribution is -2.40. The van der Waals surface area contributed by atoms with E-state index in [1.54, 1.807) is 49.4 Å². The third-order valence-corrected chi connectivity index (χ3v) is 8.42. The third kappa shape index (κ3) is 6.32. The lowest BCUT2D eigenvalue weighted by atomic mass is 9.93. The molecule has 1 aliphatic heterocycles. The van der Waals surface area contributed by atoms with Gasteiger partial charge in [-0.15, -0.1) is 0 Å². The Morgan fingerprint density at radius 1 is 0.957 bits per heavy atom. The van der Waals surface area contributed by atoms with Gasteiger partial charge in [0.1, 0.15) is 17.3 Å². The van der Waals surface area contributed by atoms with Crippen molar-refractivity contribution >= 4 is 35.0 Å². The highest BCUT2D eigenvalue weighted by atomic mass is 32.1. The number of carbonyl (C=O) groups is 2. The van der Waals surface area contributed by atoms with E-state index in [4.69, 9.17) is 23.6 Å². The second-order valence-corrected chi connectivity index (χ2v) is 11.9. The molecule has 0 unspecified atom stereocenters. The summed E-state index contributed by atoms with van der Waals surface area (Å²) in [7, 11) is 1.32. The van der Waals surface area contributed by atoms with Gasteiger partial charge < -0.3 is 18.6 Å². The molecule has 0 saturated heterocycles. The molecule has 0 aliphatic carbocycles. The number of esters is 2. The quantitative estimate of drug-likeness (QED) is 0.187. The number of hydrogen-bond donors (Lipinski definition) is 0. The SMILES string of the molecule is CCOC(=O)C1=C(c2ccccc2)N=c2s/c(=C\c3ccc(-c4ccccc4C(=O)OC)o3)c(=O)n2[C@@H]1c1ccc(OC(C)C)cc1. The van der Waals surface area contributed by atoms with Crippen molar-refractivity contribution in [2.45, 2.75) is 32.9 Å². The molecule has 238 valence electrons. The van der Waals surface area contributed by atoms with Gasteiger partial charge in [-0.2, -0.15) is 0 Å². The van der Waals surface area contributed by atoms with Crippen LogP contribution in [0.3, 0.4) is 0 Å². The molecule has 2 aromatic heterocycles. The maximum Gasteiger partial charge on any atom is 0.338 e. The highest BCUT2D eigenvalue weighted by Gasteiger charge is 2.35. The first-order valence-electron chi connectivity index (χ1n) is 15.1. The Morgan fingerprint density at radius 3 is 2.38 bits per heavy atom. The van der Waals surface area contributed by atoms with Crippen LogP contribution in [0.1, 0.15) is 54.1 Å². The molecule has 47 heavy (non-hydrogen) atoms. The Bertz CT molecular complexity index is 2160. The number of methoxy groups -OCH3 is 1. The van der Waals surface area contributed by atoms with E-state index in [-0.39, 0.29) is 23.8 Å². The summed E-state index contributed by atoms with van der Waals surface area (Å²) in [5, 5.41) is 0. The summed E-state index contributed by atoms with van der Waals surface area (Å²) in [6.45, 7) is 5.78. The number of thiazole rings is 1. The molecule has 0 spiro atoms. The summed E-state index contributed by atoms with van der Waals surface area (Å²) in [4.78, 5) is 45.6. The largest absolute Gasteiger partial charge is 0.491 e. The van der Waals surface area contributed by atoms with E-state index < -0.39 is 18.0 Å². The van der Waals surface area contributed by atoms with Gasteiger partial charge in [0.15, 0.2) is 4.80 Å². The molecule has 1 aliphatic rings. The summed E-state index contributed by atoms with van der Waals surface area (Å²) in [6.07, 6.45) is 1.62. The van der Waals surface area contributed by atoms with Crippen LogP contribution in [0, 0.1) is 0 Å². The number of hydrogen-bond acceptors (Lipinski definition) is 9. The van der Waals surface area contributed by atoms with Crippen LogP contribution in [0.4, 0.5) is 0 Å². The van der Waals surface area contributed by atoms with Crippen molar-refractivity contribution in [3.8, 4) is 17.1 Å². The molecular formula is C37H32N2O7S. The topological polar surface area (TPSA) is 109 Å². The van der Waals surface area contributed by atoms with E-state index in [1.165, 1.54) is 23.0 Å². The minimum atomic E-state index is -0.824. The number of furan rings is 1. The fourth-order valence-electron chi connectivity index (χ4n) is 5.45. The Kier molecular flexibility index (Phi) is 9.03. The van der Waals surface area contributed by atoms with Gasteiger partial charge in [0, 0.05) is 17.2 Å². The standard InChI is InChI=1S/C37H32N2O7S/c1-5-44-36(42)31-32(23-11-7-6-8-12-23)38-37-39(33(31)24-15-17-25(18-16-24)45-22(2)3)34(40)30(47-37)21-26-19-20-29(46-26)27-13-9-10-14-28(27)35(41)43-4/h6-22,33H,5H2,1-4H3/b30-21-/t33-/m1/s1. The third-order valence-electron chi connectivity index (χ3n) is 7.44. The predicted octanol–water partition coefficient (Wildman–Crippen LogP) is 5.77. The normalized spacial score (nSPS) is 14.5. The number of fused-ring (bicyclic) bond motifs is 1. The average molecular weight is 649 g/mol. The Hall–Kier alpha value is -5.48.